The maximum absolute atomic E-state index is 13.7. The predicted molar refractivity (Wildman–Crippen MR) is 157 cm³/mol. The third kappa shape index (κ3) is 4.64. The van der Waals surface area contributed by atoms with Crippen LogP contribution in [0.2, 0.25) is 0 Å². The first-order chi connectivity index (χ1) is 20.8. The van der Waals surface area contributed by atoms with Gasteiger partial charge >= 0.3 is 5.69 Å². The SMILES string of the molecule is CO[C@@H]1C[C@@H]([C@H](C)Oc2nc(-c3onc4c3CCC[C@@]43CCCCC3=O)nc3c2n(C)c(=O)n3[C@@H]2CCCOC2)N(C)C1. The van der Waals surface area contributed by atoms with Crippen molar-refractivity contribution >= 4 is 16.9 Å². The van der Waals surface area contributed by atoms with Gasteiger partial charge in [-0.25, -0.2) is 9.78 Å². The smallest absolute Gasteiger partial charge is 0.330 e. The first-order valence-electron chi connectivity index (χ1n) is 15.8. The molecule has 5 atom stereocenters. The van der Waals surface area contributed by atoms with Crippen LogP contribution in [0.25, 0.3) is 22.7 Å². The van der Waals surface area contributed by atoms with Crippen molar-refractivity contribution in [1.29, 1.82) is 0 Å². The second-order valence-corrected chi connectivity index (χ2v) is 12.9. The van der Waals surface area contributed by atoms with Crippen molar-refractivity contribution in [2.24, 2.45) is 7.05 Å². The van der Waals surface area contributed by atoms with Crippen LogP contribution < -0.4 is 10.4 Å². The molecule has 232 valence electrons. The number of rotatable bonds is 6. The minimum Gasteiger partial charge on any atom is -0.471 e. The van der Waals surface area contributed by atoms with Gasteiger partial charge < -0.3 is 18.7 Å². The number of hydrogen-bond acceptors (Lipinski definition) is 10. The number of carbonyl (C=O) groups excluding carboxylic acids is 1. The van der Waals surface area contributed by atoms with Crippen LogP contribution in [0.3, 0.4) is 0 Å². The Kier molecular flexibility index (Phi) is 7.41. The maximum atomic E-state index is 13.7. The van der Waals surface area contributed by atoms with Gasteiger partial charge in [-0.05, 0) is 65.3 Å². The number of methoxy groups -OCH3 is 1. The third-order valence-electron chi connectivity index (χ3n) is 10.4. The van der Waals surface area contributed by atoms with Gasteiger partial charge in [-0.15, -0.1) is 0 Å². The predicted octanol–water partition coefficient (Wildman–Crippen LogP) is 3.34. The normalized spacial score (nSPS) is 28.9. The van der Waals surface area contributed by atoms with Crippen molar-refractivity contribution < 1.29 is 23.5 Å². The number of fused-ring (bicyclic) bond motifs is 3. The van der Waals surface area contributed by atoms with E-state index in [0.29, 0.717) is 48.3 Å². The molecule has 3 aromatic heterocycles. The molecular formula is C31H42N6O6. The highest BCUT2D eigenvalue weighted by atomic mass is 16.5. The molecule has 7 rings (SSSR count). The van der Waals surface area contributed by atoms with Gasteiger partial charge in [-0.1, -0.05) is 11.6 Å². The summed E-state index contributed by atoms with van der Waals surface area (Å²) in [5.74, 6) is 1.39. The second kappa shape index (κ2) is 11.1. The van der Waals surface area contributed by atoms with Crippen molar-refractivity contribution in [2.45, 2.75) is 101 Å². The van der Waals surface area contributed by atoms with Crippen LogP contribution in [-0.2, 0) is 33.2 Å². The first kappa shape index (κ1) is 28.7. The summed E-state index contributed by atoms with van der Waals surface area (Å²) in [7, 11) is 5.55. The molecule has 2 aliphatic heterocycles. The van der Waals surface area contributed by atoms with Gasteiger partial charge in [0.1, 0.15) is 17.6 Å². The topological polar surface area (TPSA) is 127 Å². The minimum atomic E-state index is -0.579. The number of hydrogen-bond donors (Lipinski definition) is 0. The van der Waals surface area contributed by atoms with E-state index in [1.807, 2.05) is 6.92 Å². The van der Waals surface area contributed by atoms with Crippen LogP contribution in [0.5, 0.6) is 5.88 Å². The monoisotopic (exact) mass is 594 g/mol. The molecule has 1 spiro atoms. The number of carbonyl (C=O) groups is 1. The summed E-state index contributed by atoms with van der Waals surface area (Å²) in [5, 5.41) is 4.53. The number of ether oxygens (including phenoxy) is 3. The average Bonchev–Trinajstić information content (AvgIpc) is 3.69. The molecule has 0 aromatic carbocycles. The molecule has 3 aromatic rings. The summed E-state index contributed by atoms with van der Waals surface area (Å²) in [5.41, 5.74) is 1.94. The van der Waals surface area contributed by atoms with Crippen molar-refractivity contribution in [1.82, 2.24) is 29.2 Å². The van der Waals surface area contributed by atoms with Gasteiger partial charge in [-0.3, -0.25) is 18.8 Å². The fourth-order valence-corrected chi connectivity index (χ4v) is 8.01. The number of nitrogens with zero attached hydrogens (tertiary/aromatic N) is 6. The van der Waals surface area contributed by atoms with E-state index in [1.165, 1.54) is 0 Å². The van der Waals surface area contributed by atoms with Crippen molar-refractivity contribution in [3.63, 3.8) is 0 Å². The highest BCUT2D eigenvalue weighted by Gasteiger charge is 2.48. The molecule has 43 heavy (non-hydrogen) atoms. The molecule has 12 nitrogen and oxygen atoms in total. The molecule has 0 radical (unpaired) electrons. The Bertz CT molecular complexity index is 1590. The Labute approximate surface area is 250 Å². The lowest BCUT2D eigenvalue weighted by Crippen LogP contribution is -2.41. The van der Waals surface area contributed by atoms with Crippen LogP contribution in [0.1, 0.15) is 82.0 Å². The standard InChI is InChI=1S/C31H42N6O6/c1-18(22-15-20(40-4)16-35(22)2)42-29-24-28(37(30(39)36(24)3)19-9-8-14-41-17-19)32-27(33-29)25-21-10-7-13-31(26(21)34-43-25)12-6-5-11-23(31)38/h18-20,22H,5-17H2,1-4H3/t18-,19+,20+,22-,31+/m0/s1. The van der Waals surface area contributed by atoms with Crippen molar-refractivity contribution in [3.05, 3.63) is 21.7 Å². The number of aryl methyl sites for hydroxylation is 1. The largest absolute Gasteiger partial charge is 0.471 e. The molecule has 0 unspecified atom stereocenters. The first-order valence-corrected chi connectivity index (χ1v) is 15.8. The van der Waals surface area contributed by atoms with Gasteiger partial charge in [0.2, 0.25) is 17.5 Å². The van der Waals surface area contributed by atoms with Crippen LogP contribution in [0.15, 0.2) is 9.32 Å². The molecule has 0 N–H and O–H groups in total. The summed E-state index contributed by atoms with van der Waals surface area (Å²) < 4.78 is 27.4. The number of aromatic nitrogens is 5. The Morgan fingerprint density at radius 2 is 1.91 bits per heavy atom. The van der Waals surface area contributed by atoms with E-state index in [9.17, 15) is 9.59 Å². The minimum absolute atomic E-state index is 0.111. The molecule has 12 heteroatoms. The molecule has 3 fully saturated rings. The van der Waals surface area contributed by atoms with E-state index >= 15 is 0 Å². The summed E-state index contributed by atoms with van der Waals surface area (Å²) in [6.45, 7) is 3.98. The fraction of sp³-hybridized carbons (Fsp3) is 0.710. The van der Waals surface area contributed by atoms with E-state index in [0.717, 1.165) is 75.6 Å². The number of likely N-dealkylation sites (tertiary alicyclic amines) is 1. The zero-order chi connectivity index (χ0) is 29.9. The van der Waals surface area contributed by atoms with Crippen molar-refractivity contribution in [2.75, 3.05) is 33.9 Å². The third-order valence-corrected chi connectivity index (χ3v) is 10.4. The molecule has 2 aliphatic carbocycles. The van der Waals surface area contributed by atoms with Crippen LogP contribution in [0.4, 0.5) is 0 Å². The molecular weight excluding hydrogens is 552 g/mol. The van der Waals surface area contributed by atoms with E-state index in [1.54, 1.807) is 23.3 Å². The second-order valence-electron chi connectivity index (χ2n) is 12.9. The van der Waals surface area contributed by atoms with Gasteiger partial charge in [-0.2, -0.15) is 4.98 Å². The molecule has 2 saturated heterocycles. The number of ketones is 1. The van der Waals surface area contributed by atoms with Crippen LogP contribution in [-0.4, -0.2) is 87.1 Å². The number of imidazole rings is 1. The summed E-state index contributed by atoms with van der Waals surface area (Å²) in [4.78, 5) is 39.2. The highest BCUT2D eigenvalue weighted by molar-refractivity contribution is 5.91. The zero-order valence-corrected chi connectivity index (χ0v) is 25.6. The van der Waals surface area contributed by atoms with Gasteiger partial charge in [0.25, 0.3) is 0 Å². The van der Waals surface area contributed by atoms with Crippen LogP contribution in [0, 0.1) is 0 Å². The lowest BCUT2D eigenvalue weighted by Gasteiger charge is -2.37. The highest BCUT2D eigenvalue weighted by Crippen LogP contribution is 2.47. The van der Waals surface area contributed by atoms with E-state index in [-0.39, 0.29) is 35.8 Å². The van der Waals surface area contributed by atoms with Gasteiger partial charge in [0.05, 0.1) is 24.2 Å². The van der Waals surface area contributed by atoms with E-state index < -0.39 is 5.41 Å². The quantitative estimate of drug-likeness (QED) is 0.419. The Morgan fingerprint density at radius 1 is 1.07 bits per heavy atom. The fourth-order valence-electron chi connectivity index (χ4n) is 8.01. The van der Waals surface area contributed by atoms with Crippen LogP contribution >= 0.6 is 0 Å². The van der Waals surface area contributed by atoms with E-state index in [4.69, 9.17) is 28.7 Å². The Balaban J connectivity index is 1.36. The number of likely N-dealkylation sites (N-methyl/N-ethyl adjacent to an activating group) is 1. The maximum Gasteiger partial charge on any atom is 0.330 e. The Morgan fingerprint density at radius 3 is 2.65 bits per heavy atom. The lowest BCUT2D eigenvalue weighted by molar-refractivity contribution is -0.127. The summed E-state index contributed by atoms with van der Waals surface area (Å²) in [6.07, 6.45) is 8.14. The molecule has 4 aliphatic rings. The molecule has 0 amide bonds. The molecule has 5 heterocycles. The average molecular weight is 595 g/mol. The number of Topliss-reactive ketones (excluding diaryl/α,β-unsaturated/α-hetero) is 1. The lowest BCUT2D eigenvalue weighted by atomic mass is 9.64. The molecule has 1 saturated carbocycles. The molecule has 0 bridgehead atoms. The van der Waals surface area contributed by atoms with Gasteiger partial charge in [0.15, 0.2) is 11.2 Å². The zero-order valence-electron chi connectivity index (χ0n) is 25.6. The summed E-state index contributed by atoms with van der Waals surface area (Å²) >= 11 is 0. The van der Waals surface area contributed by atoms with Crippen molar-refractivity contribution in [3.8, 4) is 17.5 Å². The van der Waals surface area contributed by atoms with E-state index in [2.05, 4.69) is 17.1 Å². The Hall–Kier alpha value is -3.09. The summed E-state index contributed by atoms with van der Waals surface area (Å²) in [6, 6.07) is -0.0346. The van der Waals surface area contributed by atoms with Gasteiger partial charge in [0, 0.05) is 45.3 Å².